The fourth-order valence-corrected chi connectivity index (χ4v) is 5.05. The lowest BCUT2D eigenvalue weighted by molar-refractivity contribution is 0.151. The van der Waals surface area contributed by atoms with Crippen LogP contribution in [0.4, 0.5) is 0 Å². The molecule has 3 rings (SSSR count). The van der Waals surface area contributed by atoms with Crippen molar-refractivity contribution in [2.45, 2.75) is 44.0 Å². The van der Waals surface area contributed by atoms with E-state index in [1.54, 1.807) is 25.3 Å². The van der Waals surface area contributed by atoms with Gasteiger partial charge < -0.3 is 15.0 Å². The maximum Gasteiger partial charge on any atom is 0.240 e. The molecule has 0 amide bonds. The Morgan fingerprint density at radius 2 is 2.10 bits per heavy atom. The molecule has 2 N–H and O–H groups in total. The number of aliphatic imine (C=N–C) groups is 1. The number of hydrogen-bond acceptors (Lipinski definition) is 4. The average Bonchev–Trinajstić information content (AvgIpc) is 3.12. The van der Waals surface area contributed by atoms with Gasteiger partial charge in [0.15, 0.2) is 5.96 Å². The molecule has 1 spiro atoms. The number of methoxy groups -OCH3 is 1. The predicted octanol–water partition coefficient (Wildman–Crippen LogP) is 2.57. The summed E-state index contributed by atoms with van der Waals surface area (Å²) in [5, 5.41) is 3.39. The number of benzene rings is 1. The maximum absolute atomic E-state index is 12.4. The number of nitrogens with one attached hydrogen (secondary N) is 2. The second kappa shape index (κ2) is 10.9. The smallest absolute Gasteiger partial charge is 0.240 e. The first-order valence-corrected chi connectivity index (χ1v) is 11.6. The number of guanidine groups is 1. The first-order chi connectivity index (χ1) is 13.5. The van der Waals surface area contributed by atoms with E-state index in [4.69, 9.17) is 9.73 Å². The number of sulfonamides is 1. The Labute approximate surface area is 191 Å². The number of ether oxygens (including phenoxy) is 1. The molecule has 1 saturated heterocycles. The molecule has 0 atom stereocenters. The van der Waals surface area contributed by atoms with Crippen LogP contribution in [0.5, 0.6) is 0 Å². The standard InChI is InChI=1S/C20H32N4O3S.HI/c1-3-21-19(24-12-10-20(16-24)8-5-9-20)22-15-17-6-4-7-18(14-17)28(25,26)23-11-13-27-2;/h4,6-7,14,23H,3,5,8-13,15-16H2,1-2H3,(H,21,22);1H. The zero-order chi connectivity index (χ0) is 20.0. The fourth-order valence-electron chi connectivity index (χ4n) is 3.97. The van der Waals surface area contributed by atoms with Crippen LogP contribution in [-0.4, -0.2) is 59.2 Å². The Balaban J connectivity index is 0.00000300. The van der Waals surface area contributed by atoms with Crippen LogP contribution in [0.1, 0.15) is 38.2 Å². The van der Waals surface area contributed by atoms with Crippen molar-refractivity contribution < 1.29 is 13.2 Å². The second-order valence-corrected chi connectivity index (χ2v) is 9.50. The highest BCUT2D eigenvalue weighted by molar-refractivity contribution is 14.0. The van der Waals surface area contributed by atoms with Crippen LogP contribution in [0.15, 0.2) is 34.2 Å². The van der Waals surface area contributed by atoms with Gasteiger partial charge in [-0.3, -0.25) is 0 Å². The van der Waals surface area contributed by atoms with Gasteiger partial charge in [0.25, 0.3) is 0 Å². The first kappa shape index (κ1) is 24.4. The first-order valence-electron chi connectivity index (χ1n) is 10.1. The van der Waals surface area contributed by atoms with Gasteiger partial charge in [-0.1, -0.05) is 18.6 Å². The highest BCUT2D eigenvalue weighted by Crippen LogP contribution is 2.47. The highest BCUT2D eigenvalue weighted by atomic mass is 127. The molecule has 1 heterocycles. The molecular weight excluding hydrogens is 503 g/mol. The van der Waals surface area contributed by atoms with Crippen molar-refractivity contribution in [2.24, 2.45) is 10.4 Å². The second-order valence-electron chi connectivity index (χ2n) is 7.73. The van der Waals surface area contributed by atoms with Crippen LogP contribution >= 0.6 is 24.0 Å². The van der Waals surface area contributed by atoms with Crippen LogP contribution in [-0.2, 0) is 21.3 Å². The average molecular weight is 536 g/mol. The van der Waals surface area contributed by atoms with Gasteiger partial charge in [-0.2, -0.15) is 0 Å². The van der Waals surface area contributed by atoms with Crippen molar-refractivity contribution in [3.05, 3.63) is 29.8 Å². The van der Waals surface area contributed by atoms with Crippen molar-refractivity contribution in [3.63, 3.8) is 0 Å². The van der Waals surface area contributed by atoms with E-state index in [0.717, 1.165) is 31.2 Å². The largest absolute Gasteiger partial charge is 0.383 e. The van der Waals surface area contributed by atoms with Crippen LogP contribution in [0, 0.1) is 5.41 Å². The molecular formula is C20H33IN4O3S. The fraction of sp³-hybridized carbons (Fsp3) is 0.650. The third-order valence-electron chi connectivity index (χ3n) is 5.71. The van der Waals surface area contributed by atoms with E-state index in [2.05, 4.69) is 21.9 Å². The topological polar surface area (TPSA) is 83.0 Å². The Hall–Kier alpha value is -0.910. The van der Waals surface area contributed by atoms with Crippen LogP contribution < -0.4 is 10.0 Å². The van der Waals surface area contributed by atoms with E-state index in [0.29, 0.717) is 18.6 Å². The summed E-state index contributed by atoms with van der Waals surface area (Å²) in [5.74, 6) is 0.928. The molecule has 0 unspecified atom stereocenters. The van der Waals surface area contributed by atoms with Gasteiger partial charge in [0.05, 0.1) is 18.0 Å². The van der Waals surface area contributed by atoms with E-state index >= 15 is 0 Å². The Kier molecular flexibility index (Phi) is 9.17. The summed E-state index contributed by atoms with van der Waals surface area (Å²) < 4.78 is 32.2. The van der Waals surface area contributed by atoms with E-state index < -0.39 is 10.0 Å². The minimum atomic E-state index is -3.54. The van der Waals surface area contributed by atoms with Crippen molar-refractivity contribution >= 4 is 40.0 Å². The lowest BCUT2D eigenvalue weighted by atomic mass is 9.68. The number of halogens is 1. The van der Waals surface area contributed by atoms with Gasteiger partial charge in [0, 0.05) is 33.3 Å². The maximum atomic E-state index is 12.4. The Morgan fingerprint density at radius 3 is 2.72 bits per heavy atom. The molecule has 29 heavy (non-hydrogen) atoms. The number of hydrogen-bond donors (Lipinski definition) is 2. The number of rotatable bonds is 8. The zero-order valence-electron chi connectivity index (χ0n) is 17.3. The molecule has 1 saturated carbocycles. The molecule has 1 aliphatic heterocycles. The van der Waals surface area contributed by atoms with Crippen LogP contribution in [0.25, 0.3) is 0 Å². The van der Waals surface area contributed by atoms with Crippen molar-refractivity contribution in [1.29, 1.82) is 0 Å². The molecule has 2 fully saturated rings. The molecule has 164 valence electrons. The molecule has 2 aliphatic rings. The third-order valence-corrected chi connectivity index (χ3v) is 7.16. The zero-order valence-corrected chi connectivity index (χ0v) is 20.5. The minimum Gasteiger partial charge on any atom is -0.383 e. The molecule has 0 aromatic heterocycles. The molecule has 1 aromatic rings. The summed E-state index contributed by atoms with van der Waals surface area (Å²) in [4.78, 5) is 7.40. The van der Waals surface area contributed by atoms with E-state index in [1.165, 1.54) is 25.7 Å². The SMILES string of the molecule is CCNC(=NCc1cccc(S(=O)(=O)NCCOC)c1)N1CCC2(CCC2)C1.I. The molecule has 0 radical (unpaired) electrons. The summed E-state index contributed by atoms with van der Waals surface area (Å²) in [7, 11) is -1.99. The van der Waals surface area contributed by atoms with Gasteiger partial charge in [0.2, 0.25) is 10.0 Å². The normalized spacial score (nSPS) is 18.4. The quantitative estimate of drug-likeness (QED) is 0.231. The molecule has 7 nitrogen and oxygen atoms in total. The summed E-state index contributed by atoms with van der Waals surface area (Å²) in [6, 6.07) is 6.98. The lowest BCUT2D eigenvalue weighted by Gasteiger charge is -2.38. The van der Waals surface area contributed by atoms with Gasteiger partial charge >= 0.3 is 0 Å². The van der Waals surface area contributed by atoms with Gasteiger partial charge in [-0.05, 0) is 49.3 Å². The molecule has 1 aromatic carbocycles. The van der Waals surface area contributed by atoms with Crippen molar-refractivity contribution in [2.75, 3.05) is 39.9 Å². The predicted molar refractivity (Wildman–Crippen MR) is 126 cm³/mol. The lowest BCUT2D eigenvalue weighted by Crippen LogP contribution is -2.42. The van der Waals surface area contributed by atoms with Crippen LogP contribution in [0.2, 0.25) is 0 Å². The van der Waals surface area contributed by atoms with Crippen molar-refractivity contribution in [3.8, 4) is 0 Å². The summed E-state index contributed by atoms with van der Waals surface area (Å²) in [6.07, 6.45) is 5.26. The molecule has 1 aliphatic carbocycles. The van der Waals surface area contributed by atoms with E-state index in [1.807, 2.05) is 6.07 Å². The van der Waals surface area contributed by atoms with Gasteiger partial charge in [0.1, 0.15) is 0 Å². The van der Waals surface area contributed by atoms with Gasteiger partial charge in [-0.15, -0.1) is 24.0 Å². The minimum absolute atomic E-state index is 0. The monoisotopic (exact) mass is 536 g/mol. The summed E-state index contributed by atoms with van der Waals surface area (Å²) in [5.41, 5.74) is 1.39. The number of likely N-dealkylation sites (tertiary alicyclic amines) is 1. The Bertz CT molecular complexity index is 797. The summed E-state index contributed by atoms with van der Waals surface area (Å²) in [6.45, 7) is 6.06. The van der Waals surface area contributed by atoms with Gasteiger partial charge in [-0.25, -0.2) is 18.1 Å². The third kappa shape index (κ3) is 6.28. The number of nitrogens with zero attached hydrogens (tertiary/aromatic N) is 2. The summed E-state index contributed by atoms with van der Waals surface area (Å²) >= 11 is 0. The highest BCUT2D eigenvalue weighted by Gasteiger charge is 2.43. The van der Waals surface area contributed by atoms with E-state index in [-0.39, 0.29) is 35.4 Å². The van der Waals surface area contributed by atoms with E-state index in [9.17, 15) is 8.42 Å². The molecule has 9 heteroatoms. The Morgan fingerprint density at radius 1 is 1.31 bits per heavy atom. The van der Waals surface area contributed by atoms with Crippen LogP contribution in [0.3, 0.4) is 0 Å². The molecule has 0 bridgehead atoms. The van der Waals surface area contributed by atoms with Crippen molar-refractivity contribution in [1.82, 2.24) is 14.9 Å².